The minimum Gasteiger partial charge on any atom is -0.495 e. The summed E-state index contributed by atoms with van der Waals surface area (Å²) < 4.78 is 11.3. The first kappa shape index (κ1) is 19.9. The summed E-state index contributed by atoms with van der Waals surface area (Å²) in [7, 11) is 1.55. The minimum absolute atomic E-state index is 0.235. The number of H-pyrrole nitrogens is 1. The van der Waals surface area contributed by atoms with E-state index in [0.29, 0.717) is 45.0 Å². The Bertz CT molecular complexity index is 1310. The molecule has 1 N–H and O–H groups in total. The number of methoxy groups -OCH3 is 1. The molecule has 0 spiro atoms. The fraction of sp³-hybridized carbons (Fsp3) is 0.238. The van der Waals surface area contributed by atoms with Crippen LogP contribution in [0, 0.1) is 0 Å². The molecule has 0 atom stereocenters. The van der Waals surface area contributed by atoms with Crippen molar-refractivity contribution in [2.24, 2.45) is 0 Å². The molecule has 0 radical (unpaired) electrons. The van der Waals surface area contributed by atoms with Crippen LogP contribution in [0.25, 0.3) is 21.8 Å². The molecule has 4 rings (SSSR count). The van der Waals surface area contributed by atoms with Gasteiger partial charge in [-0.2, -0.15) is 5.10 Å². The summed E-state index contributed by atoms with van der Waals surface area (Å²) in [5, 5.41) is 6.10. The largest absolute Gasteiger partial charge is 0.495 e. The molecule has 2 heterocycles. The molecule has 0 aliphatic carbocycles. The molecule has 0 amide bonds. The van der Waals surface area contributed by atoms with Gasteiger partial charge in [0.15, 0.2) is 0 Å². The maximum atomic E-state index is 12.8. The number of esters is 1. The van der Waals surface area contributed by atoms with Crippen LogP contribution in [0.3, 0.4) is 0 Å². The summed E-state index contributed by atoms with van der Waals surface area (Å²) in [6.45, 7) is 1.69. The molecule has 0 saturated carbocycles. The van der Waals surface area contributed by atoms with E-state index in [4.69, 9.17) is 21.1 Å². The first-order valence-corrected chi connectivity index (χ1v) is 9.74. The Morgan fingerprint density at radius 2 is 2.00 bits per heavy atom. The van der Waals surface area contributed by atoms with Crippen LogP contribution in [0.15, 0.2) is 41.2 Å². The number of nitrogens with one attached hydrogen (secondary N) is 1. The quantitative estimate of drug-likeness (QED) is 0.476. The second-order valence-electron chi connectivity index (χ2n) is 6.62. The van der Waals surface area contributed by atoms with Crippen LogP contribution in [0.4, 0.5) is 0 Å². The van der Waals surface area contributed by atoms with E-state index in [2.05, 4.69) is 15.1 Å². The Labute approximate surface area is 176 Å². The fourth-order valence-corrected chi connectivity index (χ4v) is 3.58. The lowest BCUT2D eigenvalue weighted by Crippen LogP contribution is -2.29. The molecule has 8 nitrogen and oxygen atoms in total. The standard InChI is InChI=1S/C21H19ClN4O4/c1-3-30-20(27)11-26-21(28)13-7-5-4-6-12(13)15(25-26)10-19-23-16-8-14(22)18(29-2)9-17(16)24-19/h4-9H,3,10-11H2,1-2H3,(H,23,24). The van der Waals surface area contributed by atoms with Gasteiger partial charge >= 0.3 is 5.97 Å². The second kappa shape index (κ2) is 8.16. The van der Waals surface area contributed by atoms with Crippen molar-refractivity contribution in [1.82, 2.24) is 19.7 Å². The summed E-state index contributed by atoms with van der Waals surface area (Å²) in [5.74, 6) is 0.667. The molecule has 154 valence electrons. The van der Waals surface area contributed by atoms with E-state index in [1.54, 1.807) is 38.3 Å². The van der Waals surface area contributed by atoms with Crippen LogP contribution < -0.4 is 10.3 Å². The first-order chi connectivity index (χ1) is 14.5. The van der Waals surface area contributed by atoms with E-state index in [-0.39, 0.29) is 18.7 Å². The number of hydrogen-bond acceptors (Lipinski definition) is 6. The van der Waals surface area contributed by atoms with Crippen molar-refractivity contribution >= 4 is 39.4 Å². The zero-order chi connectivity index (χ0) is 21.3. The third-order valence-corrected chi connectivity index (χ3v) is 4.96. The van der Waals surface area contributed by atoms with Gasteiger partial charge in [-0.15, -0.1) is 0 Å². The molecule has 0 aliphatic rings. The first-order valence-electron chi connectivity index (χ1n) is 9.36. The number of benzene rings is 2. The number of carbonyl (C=O) groups excluding carboxylic acids is 1. The Balaban J connectivity index is 1.78. The Hall–Kier alpha value is -3.39. The second-order valence-corrected chi connectivity index (χ2v) is 7.03. The zero-order valence-electron chi connectivity index (χ0n) is 16.4. The van der Waals surface area contributed by atoms with Crippen molar-refractivity contribution in [3.05, 3.63) is 63.3 Å². The van der Waals surface area contributed by atoms with E-state index in [1.807, 2.05) is 12.1 Å². The summed E-state index contributed by atoms with van der Waals surface area (Å²) in [6.07, 6.45) is 0.332. The molecule has 0 saturated heterocycles. The third-order valence-electron chi connectivity index (χ3n) is 4.67. The highest BCUT2D eigenvalue weighted by Crippen LogP contribution is 2.29. The van der Waals surface area contributed by atoms with Gasteiger partial charge in [0.2, 0.25) is 0 Å². The number of nitrogens with zero attached hydrogens (tertiary/aromatic N) is 3. The highest BCUT2D eigenvalue weighted by atomic mass is 35.5. The highest BCUT2D eigenvalue weighted by Gasteiger charge is 2.16. The predicted molar refractivity (Wildman–Crippen MR) is 113 cm³/mol. The predicted octanol–water partition coefficient (Wildman–Crippen LogP) is 3.09. The van der Waals surface area contributed by atoms with Crippen LogP contribution in [0.1, 0.15) is 18.4 Å². The lowest BCUT2D eigenvalue weighted by molar-refractivity contribution is -0.144. The van der Waals surface area contributed by atoms with Gasteiger partial charge in [0.05, 0.1) is 47.3 Å². The summed E-state index contributed by atoms with van der Waals surface area (Å²) >= 11 is 6.20. The van der Waals surface area contributed by atoms with Crippen molar-refractivity contribution in [2.45, 2.75) is 19.9 Å². The highest BCUT2D eigenvalue weighted by molar-refractivity contribution is 6.32. The fourth-order valence-electron chi connectivity index (χ4n) is 3.33. The molecular weight excluding hydrogens is 408 g/mol. The Morgan fingerprint density at radius 1 is 1.23 bits per heavy atom. The molecule has 0 bridgehead atoms. The van der Waals surface area contributed by atoms with E-state index >= 15 is 0 Å². The van der Waals surface area contributed by atoms with Crippen molar-refractivity contribution in [1.29, 1.82) is 0 Å². The molecular formula is C21H19ClN4O4. The number of aromatic nitrogens is 4. The van der Waals surface area contributed by atoms with E-state index in [1.165, 1.54) is 0 Å². The topological polar surface area (TPSA) is 99.1 Å². The SMILES string of the molecule is CCOC(=O)Cn1nc(Cc2nc3cc(OC)c(Cl)cc3[nH]2)c2ccccc2c1=O. The number of ether oxygens (including phenoxy) is 2. The van der Waals surface area contributed by atoms with Gasteiger partial charge < -0.3 is 14.5 Å². The maximum absolute atomic E-state index is 12.8. The number of imidazole rings is 1. The van der Waals surface area contributed by atoms with Gasteiger partial charge in [-0.05, 0) is 19.1 Å². The van der Waals surface area contributed by atoms with Gasteiger partial charge in [-0.25, -0.2) is 9.67 Å². The van der Waals surface area contributed by atoms with Crippen molar-refractivity contribution in [2.75, 3.05) is 13.7 Å². The van der Waals surface area contributed by atoms with Crippen molar-refractivity contribution < 1.29 is 14.3 Å². The van der Waals surface area contributed by atoms with E-state index in [0.717, 1.165) is 10.2 Å². The maximum Gasteiger partial charge on any atom is 0.327 e. The van der Waals surface area contributed by atoms with Crippen LogP contribution in [-0.2, 0) is 22.5 Å². The lowest BCUT2D eigenvalue weighted by Gasteiger charge is -2.10. The zero-order valence-corrected chi connectivity index (χ0v) is 17.2. The van der Waals surface area contributed by atoms with Crippen LogP contribution >= 0.6 is 11.6 Å². The van der Waals surface area contributed by atoms with Crippen molar-refractivity contribution in [3.8, 4) is 5.75 Å². The number of fused-ring (bicyclic) bond motifs is 2. The molecule has 2 aromatic carbocycles. The number of rotatable bonds is 6. The molecule has 4 aromatic rings. The number of hydrogen-bond donors (Lipinski definition) is 1. The van der Waals surface area contributed by atoms with Gasteiger partial charge in [-0.3, -0.25) is 9.59 Å². The molecule has 0 unspecified atom stereocenters. The van der Waals surface area contributed by atoms with Gasteiger partial charge in [0.1, 0.15) is 18.1 Å². The average molecular weight is 427 g/mol. The molecule has 2 aromatic heterocycles. The molecule has 30 heavy (non-hydrogen) atoms. The number of halogens is 1. The minimum atomic E-state index is -0.515. The molecule has 0 aliphatic heterocycles. The smallest absolute Gasteiger partial charge is 0.327 e. The van der Waals surface area contributed by atoms with Gasteiger partial charge in [0.25, 0.3) is 5.56 Å². The van der Waals surface area contributed by atoms with Gasteiger partial charge in [-0.1, -0.05) is 29.8 Å². The average Bonchev–Trinajstić information content (AvgIpc) is 3.12. The van der Waals surface area contributed by atoms with Crippen LogP contribution in [-0.4, -0.2) is 39.4 Å². The van der Waals surface area contributed by atoms with Crippen molar-refractivity contribution in [3.63, 3.8) is 0 Å². The molecule has 0 fully saturated rings. The normalized spacial score (nSPS) is 11.2. The monoisotopic (exact) mass is 426 g/mol. The van der Waals surface area contributed by atoms with Crippen LogP contribution in [0.5, 0.6) is 5.75 Å². The van der Waals surface area contributed by atoms with Crippen LogP contribution in [0.2, 0.25) is 5.02 Å². The Kier molecular flexibility index (Phi) is 5.41. The van der Waals surface area contributed by atoms with Gasteiger partial charge in [0, 0.05) is 11.5 Å². The summed E-state index contributed by atoms with van der Waals surface area (Å²) in [4.78, 5) is 32.5. The third kappa shape index (κ3) is 3.73. The number of aromatic amines is 1. The lowest BCUT2D eigenvalue weighted by atomic mass is 10.1. The van der Waals surface area contributed by atoms with E-state index in [9.17, 15) is 9.59 Å². The Morgan fingerprint density at radius 3 is 2.73 bits per heavy atom. The number of carbonyl (C=O) groups is 1. The van der Waals surface area contributed by atoms with E-state index < -0.39 is 5.97 Å². The summed E-state index contributed by atoms with van der Waals surface area (Å²) in [5.41, 5.74) is 1.74. The molecule has 9 heteroatoms. The summed E-state index contributed by atoms with van der Waals surface area (Å²) in [6, 6.07) is 10.7.